The van der Waals surface area contributed by atoms with Crippen LogP contribution in [0.25, 0.3) is 11.4 Å². The number of carbonyl (C=O) groups excluding carboxylic acids is 1. The van der Waals surface area contributed by atoms with Gasteiger partial charge in [-0.2, -0.15) is 0 Å². The molecule has 0 atom stereocenters. The highest BCUT2D eigenvalue weighted by molar-refractivity contribution is 9.10. The van der Waals surface area contributed by atoms with Gasteiger partial charge in [-0.3, -0.25) is 9.36 Å². The van der Waals surface area contributed by atoms with Crippen molar-refractivity contribution >= 4 is 49.3 Å². The molecule has 0 radical (unpaired) electrons. The maximum absolute atomic E-state index is 12.6. The minimum atomic E-state index is -3.84. The van der Waals surface area contributed by atoms with Crippen molar-refractivity contribution < 1.29 is 13.2 Å². The van der Waals surface area contributed by atoms with Crippen LogP contribution in [0.1, 0.15) is 38.1 Å². The van der Waals surface area contributed by atoms with Gasteiger partial charge in [0.15, 0.2) is 11.0 Å². The molecule has 0 aliphatic heterocycles. The molecule has 8 nitrogen and oxygen atoms in total. The molecule has 1 aliphatic carbocycles. The number of nitrogens with two attached hydrogens (primary N) is 1. The van der Waals surface area contributed by atoms with Gasteiger partial charge < -0.3 is 5.32 Å². The monoisotopic (exact) mass is 549 g/mol. The summed E-state index contributed by atoms with van der Waals surface area (Å²) in [6.07, 6.45) is 5.67. The van der Waals surface area contributed by atoms with Crippen LogP contribution in [0.15, 0.2) is 63.1 Å². The van der Waals surface area contributed by atoms with Gasteiger partial charge in [0.05, 0.1) is 10.6 Å². The lowest BCUT2D eigenvalue weighted by atomic mass is 9.95. The molecule has 0 saturated heterocycles. The summed E-state index contributed by atoms with van der Waals surface area (Å²) in [7, 11) is -3.84. The van der Waals surface area contributed by atoms with E-state index in [0.717, 1.165) is 41.5 Å². The molecule has 33 heavy (non-hydrogen) atoms. The fourth-order valence-electron chi connectivity index (χ4n) is 3.92. The van der Waals surface area contributed by atoms with Gasteiger partial charge in [-0.05, 0) is 43.2 Å². The molecular formula is C22H24BrN5O3S2. The van der Waals surface area contributed by atoms with Gasteiger partial charge in [-0.25, -0.2) is 13.6 Å². The lowest BCUT2D eigenvalue weighted by molar-refractivity contribution is -0.113. The predicted octanol–water partition coefficient (Wildman–Crippen LogP) is 4.59. The molecule has 3 aromatic rings. The Morgan fingerprint density at radius 2 is 1.85 bits per heavy atom. The predicted molar refractivity (Wildman–Crippen MR) is 132 cm³/mol. The quantitative estimate of drug-likeness (QED) is 0.416. The van der Waals surface area contributed by atoms with Gasteiger partial charge in [-0.15, -0.1) is 10.2 Å². The number of nitrogens with one attached hydrogen (secondary N) is 1. The fourth-order valence-corrected chi connectivity index (χ4v) is 5.55. The van der Waals surface area contributed by atoms with E-state index in [4.69, 9.17) is 5.14 Å². The Bertz CT molecular complexity index is 1240. The Hall–Kier alpha value is -2.21. The summed E-state index contributed by atoms with van der Waals surface area (Å²) in [5.74, 6) is 0.651. The van der Waals surface area contributed by atoms with Crippen molar-refractivity contribution in [3.63, 3.8) is 0 Å². The van der Waals surface area contributed by atoms with E-state index in [1.807, 2.05) is 24.3 Å². The van der Waals surface area contributed by atoms with Crippen LogP contribution in [0.3, 0.4) is 0 Å². The molecule has 4 rings (SSSR count). The number of primary sulfonamides is 1. The lowest BCUT2D eigenvalue weighted by Crippen LogP contribution is -2.18. The van der Waals surface area contributed by atoms with Crippen LogP contribution in [0.2, 0.25) is 0 Å². The molecule has 1 saturated carbocycles. The minimum absolute atomic E-state index is 0.0517. The van der Waals surface area contributed by atoms with Crippen LogP contribution in [-0.4, -0.2) is 34.8 Å². The third-order valence-electron chi connectivity index (χ3n) is 5.49. The lowest BCUT2D eigenvalue weighted by Gasteiger charge is -2.25. The van der Waals surface area contributed by atoms with Gasteiger partial charge in [0.25, 0.3) is 0 Å². The number of anilines is 1. The zero-order valence-electron chi connectivity index (χ0n) is 17.8. The second-order valence-corrected chi connectivity index (χ2v) is 11.3. The topological polar surface area (TPSA) is 120 Å². The van der Waals surface area contributed by atoms with Gasteiger partial charge in [0, 0.05) is 21.8 Å². The van der Waals surface area contributed by atoms with E-state index in [0.29, 0.717) is 16.9 Å². The molecule has 1 aromatic heterocycles. The number of aromatic nitrogens is 3. The van der Waals surface area contributed by atoms with Crippen molar-refractivity contribution in [2.75, 3.05) is 11.1 Å². The highest BCUT2D eigenvalue weighted by Gasteiger charge is 2.24. The Morgan fingerprint density at radius 3 is 2.55 bits per heavy atom. The SMILES string of the molecule is NS(=O)(=O)c1cccc(NC(=O)CSc2nnc(-c3ccc(Br)cc3)n2C2CCCCC2)c1. The molecular weight excluding hydrogens is 526 g/mol. The molecule has 2 aromatic carbocycles. The number of rotatable bonds is 7. The first-order valence-corrected chi connectivity index (χ1v) is 13.9. The molecule has 0 spiro atoms. The number of sulfonamides is 1. The van der Waals surface area contributed by atoms with Crippen molar-refractivity contribution in [3.8, 4) is 11.4 Å². The number of hydrogen-bond donors (Lipinski definition) is 2. The van der Waals surface area contributed by atoms with Crippen LogP contribution in [0.4, 0.5) is 5.69 Å². The maximum Gasteiger partial charge on any atom is 0.238 e. The second kappa shape index (κ2) is 10.4. The molecule has 0 unspecified atom stereocenters. The largest absolute Gasteiger partial charge is 0.325 e. The highest BCUT2D eigenvalue weighted by Crippen LogP contribution is 2.35. The van der Waals surface area contributed by atoms with Crippen molar-refractivity contribution in [2.45, 2.75) is 48.2 Å². The first kappa shape index (κ1) is 23.9. The number of carbonyl (C=O) groups is 1. The molecule has 1 amide bonds. The van der Waals surface area contributed by atoms with E-state index in [1.165, 1.54) is 36.4 Å². The number of amides is 1. The Kier molecular flexibility index (Phi) is 7.52. The Balaban J connectivity index is 1.52. The van der Waals surface area contributed by atoms with Crippen LogP contribution in [-0.2, 0) is 14.8 Å². The number of hydrogen-bond acceptors (Lipinski definition) is 6. The molecule has 1 heterocycles. The van der Waals surface area contributed by atoms with Crippen LogP contribution < -0.4 is 10.5 Å². The van der Waals surface area contributed by atoms with Gasteiger partial charge in [0.1, 0.15) is 0 Å². The minimum Gasteiger partial charge on any atom is -0.325 e. The summed E-state index contributed by atoms with van der Waals surface area (Å²) in [5.41, 5.74) is 1.35. The maximum atomic E-state index is 12.6. The molecule has 0 bridgehead atoms. The third kappa shape index (κ3) is 6.03. The average molecular weight is 551 g/mol. The summed E-state index contributed by atoms with van der Waals surface area (Å²) in [6, 6.07) is 14.1. The molecule has 1 fully saturated rings. The zero-order chi connectivity index (χ0) is 23.4. The zero-order valence-corrected chi connectivity index (χ0v) is 21.0. The standard InChI is InChI=1S/C22H24BrN5O3S2/c23-16-11-9-15(10-12-16)21-26-27-22(28(21)18-6-2-1-3-7-18)32-14-20(29)25-17-5-4-8-19(13-17)33(24,30)31/h4-5,8-13,18H,1-3,6-7,14H2,(H,25,29)(H2,24,30,31). The number of halogens is 1. The Labute approximate surface area is 205 Å². The van der Waals surface area contributed by atoms with Gasteiger partial charge in [0.2, 0.25) is 15.9 Å². The fraction of sp³-hybridized carbons (Fsp3) is 0.318. The number of thioether (sulfide) groups is 1. The molecule has 3 N–H and O–H groups in total. The van der Waals surface area contributed by atoms with E-state index in [2.05, 4.69) is 36.0 Å². The van der Waals surface area contributed by atoms with E-state index in [9.17, 15) is 13.2 Å². The molecule has 1 aliphatic rings. The van der Waals surface area contributed by atoms with E-state index in [1.54, 1.807) is 6.07 Å². The average Bonchev–Trinajstić information content (AvgIpc) is 3.22. The smallest absolute Gasteiger partial charge is 0.238 e. The third-order valence-corrected chi connectivity index (χ3v) is 7.87. The molecule has 174 valence electrons. The summed E-state index contributed by atoms with van der Waals surface area (Å²) in [4.78, 5) is 12.5. The van der Waals surface area contributed by atoms with Crippen molar-refractivity contribution in [3.05, 3.63) is 53.0 Å². The highest BCUT2D eigenvalue weighted by atomic mass is 79.9. The first-order valence-electron chi connectivity index (χ1n) is 10.6. The Morgan fingerprint density at radius 1 is 1.12 bits per heavy atom. The summed E-state index contributed by atoms with van der Waals surface area (Å²) in [6.45, 7) is 0. The van der Waals surface area contributed by atoms with Crippen LogP contribution >= 0.6 is 27.7 Å². The van der Waals surface area contributed by atoms with Crippen molar-refractivity contribution in [2.24, 2.45) is 5.14 Å². The second-order valence-electron chi connectivity index (χ2n) is 7.88. The molecule has 11 heteroatoms. The summed E-state index contributed by atoms with van der Waals surface area (Å²) >= 11 is 4.79. The number of benzene rings is 2. The van der Waals surface area contributed by atoms with E-state index < -0.39 is 10.0 Å². The van der Waals surface area contributed by atoms with Crippen LogP contribution in [0, 0.1) is 0 Å². The van der Waals surface area contributed by atoms with Gasteiger partial charge >= 0.3 is 0 Å². The van der Waals surface area contributed by atoms with Crippen molar-refractivity contribution in [1.29, 1.82) is 0 Å². The van der Waals surface area contributed by atoms with Crippen molar-refractivity contribution in [1.82, 2.24) is 14.8 Å². The normalized spacial score (nSPS) is 14.8. The van der Waals surface area contributed by atoms with Gasteiger partial charge in [-0.1, -0.05) is 65.2 Å². The van der Waals surface area contributed by atoms with Crippen LogP contribution in [0.5, 0.6) is 0 Å². The first-order chi connectivity index (χ1) is 15.8. The number of nitrogens with zero attached hydrogens (tertiary/aromatic N) is 3. The summed E-state index contributed by atoms with van der Waals surface area (Å²) in [5, 5.41) is 17.5. The van der Waals surface area contributed by atoms with E-state index >= 15 is 0 Å². The summed E-state index contributed by atoms with van der Waals surface area (Å²) < 4.78 is 26.3. The van der Waals surface area contributed by atoms with E-state index in [-0.39, 0.29) is 16.6 Å².